The number of hydrogen-bond donors (Lipinski definition) is 2. The third kappa shape index (κ3) is 4.08. The molecule has 0 aliphatic heterocycles. The van der Waals surface area contributed by atoms with Gasteiger partial charge in [0, 0.05) is 18.5 Å². The van der Waals surface area contributed by atoms with Crippen LogP contribution in [0.4, 0.5) is 10.2 Å². The van der Waals surface area contributed by atoms with Gasteiger partial charge in [0.05, 0.1) is 6.54 Å². The fraction of sp³-hybridized carbons (Fsp3) is 0.125. The van der Waals surface area contributed by atoms with Crippen molar-refractivity contribution in [1.29, 1.82) is 0 Å². The number of benzene rings is 1. The monoisotopic (exact) mass is 343 g/mol. The lowest BCUT2D eigenvalue weighted by Gasteiger charge is -2.05. The molecule has 0 saturated carbocycles. The summed E-state index contributed by atoms with van der Waals surface area (Å²) in [7, 11) is 0. The highest BCUT2D eigenvalue weighted by Crippen LogP contribution is 2.08. The summed E-state index contributed by atoms with van der Waals surface area (Å²) in [5.74, 6) is -1.58. The predicted molar refractivity (Wildman–Crippen MR) is 85.5 cm³/mol. The fourth-order valence-electron chi connectivity index (χ4n) is 2.25. The molecule has 2 heterocycles. The van der Waals surface area contributed by atoms with Gasteiger partial charge in [-0.25, -0.2) is 13.9 Å². The second-order valence-corrected chi connectivity index (χ2v) is 5.25. The Bertz CT molecular complexity index is 901. The Morgan fingerprint density at radius 2 is 1.92 bits per heavy atom. The van der Waals surface area contributed by atoms with Gasteiger partial charge in [-0.3, -0.25) is 9.48 Å². The number of aromatic carboxylic acids is 1. The van der Waals surface area contributed by atoms with E-state index in [0.717, 1.165) is 10.2 Å². The maximum atomic E-state index is 12.9. The highest BCUT2D eigenvalue weighted by atomic mass is 19.1. The first-order valence-electron chi connectivity index (χ1n) is 7.34. The van der Waals surface area contributed by atoms with E-state index in [1.54, 1.807) is 29.1 Å². The molecule has 0 fully saturated rings. The van der Waals surface area contributed by atoms with Gasteiger partial charge in [0.25, 0.3) is 0 Å². The maximum absolute atomic E-state index is 12.9. The van der Waals surface area contributed by atoms with Crippen molar-refractivity contribution >= 4 is 17.7 Å². The molecule has 0 spiro atoms. The van der Waals surface area contributed by atoms with Gasteiger partial charge >= 0.3 is 5.97 Å². The highest BCUT2D eigenvalue weighted by molar-refractivity contribution is 5.91. The molecule has 128 valence electrons. The lowest BCUT2D eigenvalue weighted by molar-refractivity contribution is -0.116. The van der Waals surface area contributed by atoms with Crippen LogP contribution in [0.3, 0.4) is 0 Å². The van der Waals surface area contributed by atoms with Gasteiger partial charge in [0.2, 0.25) is 5.91 Å². The molecule has 3 aromatic rings. The normalized spacial score (nSPS) is 10.6. The summed E-state index contributed by atoms with van der Waals surface area (Å²) in [6, 6.07) is 8.97. The zero-order valence-corrected chi connectivity index (χ0v) is 13.0. The van der Waals surface area contributed by atoms with Crippen molar-refractivity contribution in [1.82, 2.24) is 19.6 Å². The number of aromatic nitrogens is 4. The quantitative estimate of drug-likeness (QED) is 0.708. The van der Waals surface area contributed by atoms with Gasteiger partial charge in [0.15, 0.2) is 5.82 Å². The van der Waals surface area contributed by atoms with Crippen molar-refractivity contribution < 1.29 is 19.1 Å². The second-order valence-electron chi connectivity index (χ2n) is 5.25. The van der Waals surface area contributed by atoms with Crippen LogP contribution in [0.1, 0.15) is 16.1 Å². The third-order valence-electron chi connectivity index (χ3n) is 3.40. The second kappa shape index (κ2) is 6.95. The maximum Gasteiger partial charge on any atom is 0.354 e. The van der Waals surface area contributed by atoms with Crippen molar-refractivity contribution in [2.75, 3.05) is 5.32 Å². The lowest BCUT2D eigenvalue weighted by Crippen LogP contribution is -2.22. The first-order chi connectivity index (χ1) is 12.0. The Balaban J connectivity index is 1.61. The van der Waals surface area contributed by atoms with E-state index in [1.807, 2.05) is 0 Å². The van der Waals surface area contributed by atoms with Crippen LogP contribution in [0.5, 0.6) is 0 Å². The van der Waals surface area contributed by atoms with Crippen LogP contribution in [0.15, 0.2) is 48.8 Å². The number of rotatable bonds is 6. The number of anilines is 1. The van der Waals surface area contributed by atoms with Crippen molar-refractivity contribution in [3.05, 3.63) is 65.9 Å². The summed E-state index contributed by atoms with van der Waals surface area (Å²) in [4.78, 5) is 23.0. The van der Waals surface area contributed by atoms with Crippen molar-refractivity contribution in [2.24, 2.45) is 0 Å². The van der Waals surface area contributed by atoms with E-state index in [0.29, 0.717) is 12.4 Å². The number of carboxylic acid groups (broad SMARTS) is 1. The molecule has 0 bridgehead atoms. The van der Waals surface area contributed by atoms with Crippen LogP contribution in [0, 0.1) is 5.82 Å². The molecule has 0 saturated heterocycles. The van der Waals surface area contributed by atoms with Crippen LogP contribution >= 0.6 is 0 Å². The molecular formula is C16H14FN5O3. The lowest BCUT2D eigenvalue weighted by atomic mass is 10.2. The number of carbonyl (C=O) groups excluding carboxylic acids is 1. The Labute approximate surface area is 141 Å². The summed E-state index contributed by atoms with van der Waals surface area (Å²) < 4.78 is 15.6. The molecular weight excluding hydrogens is 329 g/mol. The summed E-state index contributed by atoms with van der Waals surface area (Å²) in [6.45, 7) is 0.192. The van der Waals surface area contributed by atoms with Gasteiger partial charge in [-0.1, -0.05) is 12.1 Å². The molecule has 1 amide bonds. The smallest absolute Gasteiger partial charge is 0.354 e. The minimum absolute atomic E-state index is 0.0722. The molecule has 25 heavy (non-hydrogen) atoms. The molecule has 0 aliphatic carbocycles. The van der Waals surface area contributed by atoms with Crippen molar-refractivity contribution in [3.63, 3.8) is 0 Å². The number of amides is 1. The average molecular weight is 343 g/mol. The van der Waals surface area contributed by atoms with E-state index in [1.165, 1.54) is 24.4 Å². The molecule has 0 radical (unpaired) electrons. The zero-order chi connectivity index (χ0) is 17.8. The van der Waals surface area contributed by atoms with Gasteiger partial charge in [-0.15, -0.1) is 0 Å². The van der Waals surface area contributed by atoms with E-state index in [4.69, 9.17) is 5.11 Å². The topological polar surface area (TPSA) is 102 Å². The van der Waals surface area contributed by atoms with Crippen LogP contribution in [-0.4, -0.2) is 36.5 Å². The van der Waals surface area contributed by atoms with Crippen molar-refractivity contribution in [3.8, 4) is 0 Å². The van der Waals surface area contributed by atoms with E-state index in [-0.39, 0.29) is 18.1 Å². The fourth-order valence-corrected chi connectivity index (χ4v) is 2.25. The van der Waals surface area contributed by atoms with Crippen LogP contribution < -0.4 is 5.32 Å². The summed E-state index contributed by atoms with van der Waals surface area (Å²) in [5, 5.41) is 19.6. The Morgan fingerprint density at radius 3 is 2.64 bits per heavy atom. The Morgan fingerprint density at radius 1 is 1.16 bits per heavy atom. The largest absolute Gasteiger partial charge is 0.477 e. The van der Waals surface area contributed by atoms with E-state index < -0.39 is 11.9 Å². The molecule has 1 aromatic carbocycles. The highest BCUT2D eigenvalue weighted by Gasteiger charge is 2.13. The minimum atomic E-state index is -1.16. The van der Waals surface area contributed by atoms with Crippen LogP contribution in [0.25, 0.3) is 0 Å². The van der Waals surface area contributed by atoms with Crippen molar-refractivity contribution in [2.45, 2.75) is 13.1 Å². The molecule has 0 atom stereocenters. The van der Waals surface area contributed by atoms with Gasteiger partial charge in [-0.05, 0) is 23.8 Å². The molecule has 2 aromatic heterocycles. The molecule has 2 N–H and O–H groups in total. The minimum Gasteiger partial charge on any atom is -0.477 e. The molecule has 0 aliphatic rings. The summed E-state index contributed by atoms with van der Waals surface area (Å²) in [5.41, 5.74) is 0.794. The molecule has 0 unspecified atom stereocenters. The number of nitrogens with one attached hydrogen (secondary N) is 1. The SMILES string of the molecule is O=C(Cn1nccc1C(=O)O)Nc1ccn(Cc2ccc(F)cc2)n1. The number of hydrogen-bond acceptors (Lipinski definition) is 4. The average Bonchev–Trinajstić information content (AvgIpc) is 3.19. The zero-order valence-electron chi connectivity index (χ0n) is 13.0. The van der Waals surface area contributed by atoms with Crippen LogP contribution in [-0.2, 0) is 17.9 Å². The van der Waals surface area contributed by atoms with E-state index in [9.17, 15) is 14.0 Å². The summed E-state index contributed by atoms with van der Waals surface area (Å²) >= 11 is 0. The van der Waals surface area contributed by atoms with E-state index >= 15 is 0 Å². The molecule has 3 rings (SSSR count). The Hall–Kier alpha value is -3.49. The number of carboxylic acids is 1. The van der Waals surface area contributed by atoms with Crippen LogP contribution in [0.2, 0.25) is 0 Å². The number of carbonyl (C=O) groups is 2. The van der Waals surface area contributed by atoms with Gasteiger partial charge in [0.1, 0.15) is 18.1 Å². The van der Waals surface area contributed by atoms with E-state index in [2.05, 4.69) is 15.5 Å². The van der Waals surface area contributed by atoms with Gasteiger partial charge in [-0.2, -0.15) is 10.2 Å². The molecule has 9 heteroatoms. The first-order valence-corrected chi connectivity index (χ1v) is 7.34. The third-order valence-corrected chi connectivity index (χ3v) is 3.40. The predicted octanol–water partition coefficient (Wildman–Crippen LogP) is 1.60. The standard InChI is InChI=1S/C16H14FN5O3/c17-12-3-1-11(2-4-12)9-21-8-6-14(20-21)19-15(23)10-22-13(16(24)25)5-7-18-22/h1-8H,9-10H2,(H,24,25)(H,19,20,23). The van der Waals surface area contributed by atoms with Gasteiger partial charge < -0.3 is 10.4 Å². The number of halogens is 1. The summed E-state index contributed by atoms with van der Waals surface area (Å²) in [6.07, 6.45) is 2.99. The number of nitrogens with zero attached hydrogens (tertiary/aromatic N) is 4. The Kier molecular flexibility index (Phi) is 4.55. The first kappa shape index (κ1) is 16.4. The molecule has 8 nitrogen and oxygen atoms in total.